The number of allylic oxidation sites excluding steroid dienone is 1. The summed E-state index contributed by atoms with van der Waals surface area (Å²) in [6.45, 7) is 4.33. The Morgan fingerprint density at radius 2 is 1.97 bits per heavy atom. The minimum Gasteiger partial charge on any atom is -0.469 e. The zero-order valence-electron chi connectivity index (χ0n) is 18.1. The highest BCUT2D eigenvalue weighted by Gasteiger charge is 2.71. The van der Waals surface area contributed by atoms with Crippen LogP contribution in [0.5, 0.6) is 0 Å². The molecule has 1 aliphatic heterocycles. The zero-order valence-corrected chi connectivity index (χ0v) is 18.1. The Morgan fingerprint density at radius 1 is 1.20 bits per heavy atom. The van der Waals surface area contributed by atoms with E-state index in [1.54, 1.807) is 6.08 Å². The highest BCUT2D eigenvalue weighted by Crippen LogP contribution is 2.70. The van der Waals surface area contributed by atoms with Gasteiger partial charge in [-0.1, -0.05) is 19.4 Å². The Hall–Kier alpha value is -1.69. The summed E-state index contributed by atoms with van der Waals surface area (Å²) in [7, 11) is 1.42. The van der Waals surface area contributed by atoms with Crippen molar-refractivity contribution in [3.8, 4) is 0 Å². The lowest BCUT2D eigenvalue weighted by atomic mass is 9.43. The third-order valence-electron chi connectivity index (χ3n) is 9.79. The average Bonchev–Trinajstić information content (AvgIpc) is 3.21. The number of hydrogen-bond acceptors (Lipinski definition) is 6. The fourth-order valence-corrected chi connectivity index (χ4v) is 8.35. The molecule has 1 spiro atoms. The molecule has 0 aromatic heterocycles. The van der Waals surface area contributed by atoms with E-state index in [0.29, 0.717) is 38.5 Å². The molecule has 6 heteroatoms. The van der Waals surface area contributed by atoms with Crippen molar-refractivity contribution < 1.29 is 29.0 Å². The average molecular weight is 417 g/mol. The maximum atomic E-state index is 12.9. The lowest BCUT2D eigenvalue weighted by molar-refractivity contribution is -0.197. The maximum Gasteiger partial charge on any atom is 0.309 e. The zero-order chi connectivity index (χ0) is 21.5. The number of ether oxygens (including phenoxy) is 2. The van der Waals surface area contributed by atoms with Crippen molar-refractivity contribution in [2.45, 2.75) is 76.9 Å². The van der Waals surface area contributed by atoms with Crippen molar-refractivity contribution in [2.75, 3.05) is 7.11 Å². The van der Waals surface area contributed by atoms with E-state index in [-0.39, 0.29) is 52.2 Å². The van der Waals surface area contributed by atoms with E-state index < -0.39 is 11.7 Å². The van der Waals surface area contributed by atoms with Gasteiger partial charge in [0.05, 0.1) is 19.1 Å². The summed E-state index contributed by atoms with van der Waals surface area (Å²) in [6.07, 6.45) is 6.21. The lowest BCUT2D eigenvalue weighted by Gasteiger charge is -2.62. The van der Waals surface area contributed by atoms with Crippen molar-refractivity contribution in [3.63, 3.8) is 0 Å². The number of aliphatic hydroxyl groups is 1. The summed E-state index contributed by atoms with van der Waals surface area (Å²) < 4.78 is 11.2. The topological polar surface area (TPSA) is 89.9 Å². The summed E-state index contributed by atoms with van der Waals surface area (Å²) in [5, 5.41) is 11.6. The van der Waals surface area contributed by atoms with Crippen LogP contribution in [0.3, 0.4) is 0 Å². The molecule has 3 unspecified atom stereocenters. The van der Waals surface area contributed by atoms with Gasteiger partial charge < -0.3 is 14.6 Å². The van der Waals surface area contributed by atoms with Crippen molar-refractivity contribution in [2.24, 2.45) is 34.5 Å². The van der Waals surface area contributed by atoms with Gasteiger partial charge in [0.2, 0.25) is 0 Å². The van der Waals surface area contributed by atoms with Gasteiger partial charge in [0.15, 0.2) is 5.78 Å². The van der Waals surface area contributed by atoms with Gasteiger partial charge in [0.1, 0.15) is 5.60 Å². The number of rotatable bonds is 1. The fraction of sp³-hybridized carbons (Fsp3) is 0.792. The first-order valence-electron chi connectivity index (χ1n) is 11.4. The van der Waals surface area contributed by atoms with Gasteiger partial charge in [-0.3, -0.25) is 14.4 Å². The van der Waals surface area contributed by atoms with Gasteiger partial charge in [-0.05, 0) is 67.8 Å². The normalized spacial score (nSPS) is 49.7. The smallest absolute Gasteiger partial charge is 0.309 e. The molecule has 1 N–H and O–H groups in total. The number of fused-ring (bicyclic) bond motifs is 6. The van der Waals surface area contributed by atoms with Crippen LogP contribution >= 0.6 is 0 Å². The van der Waals surface area contributed by atoms with Crippen LogP contribution in [0.1, 0.15) is 65.2 Å². The van der Waals surface area contributed by atoms with E-state index in [9.17, 15) is 19.5 Å². The molecule has 8 atom stereocenters. The molecule has 4 aliphatic carbocycles. The number of carbonyl (C=O) groups excluding carboxylic acids is 3. The van der Waals surface area contributed by atoms with Crippen LogP contribution in [0.2, 0.25) is 0 Å². The molecule has 30 heavy (non-hydrogen) atoms. The monoisotopic (exact) mass is 416 g/mol. The van der Waals surface area contributed by atoms with Crippen molar-refractivity contribution >= 4 is 17.7 Å². The first kappa shape index (κ1) is 20.2. The van der Waals surface area contributed by atoms with Crippen LogP contribution in [-0.2, 0) is 23.9 Å². The van der Waals surface area contributed by atoms with Crippen molar-refractivity contribution in [1.82, 2.24) is 0 Å². The second-order valence-corrected chi connectivity index (χ2v) is 10.8. The van der Waals surface area contributed by atoms with Gasteiger partial charge in [0.25, 0.3) is 0 Å². The third-order valence-corrected chi connectivity index (χ3v) is 9.79. The summed E-state index contributed by atoms with van der Waals surface area (Å²) in [5.74, 6) is -0.636. The molecule has 0 amide bonds. The third kappa shape index (κ3) is 2.43. The Balaban J connectivity index is 1.62. The number of aliphatic hydroxyl groups excluding tert-OH is 1. The summed E-state index contributed by atoms with van der Waals surface area (Å²) in [6, 6.07) is 0. The van der Waals surface area contributed by atoms with E-state index in [4.69, 9.17) is 9.47 Å². The molecule has 6 nitrogen and oxygen atoms in total. The Labute approximate surface area is 177 Å². The van der Waals surface area contributed by atoms with E-state index >= 15 is 0 Å². The largest absolute Gasteiger partial charge is 0.469 e. The van der Waals surface area contributed by atoms with Crippen molar-refractivity contribution in [1.29, 1.82) is 0 Å². The lowest BCUT2D eigenvalue weighted by Crippen LogP contribution is -2.62. The van der Waals surface area contributed by atoms with Gasteiger partial charge >= 0.3 is 11.9 Å². The number of esters is 2. The Kier molecular flexibility index (Phi) is 4.32. The molecule has 0 radical (unpaired) electrons. The fourth-order valence-electron chi connectivity index (χ4n) is 8.35. The minimum absolute atomic E-state index is 0.0415. The highest BCUT2D eigenvalue weighted by molar-refractivity contribution is 5.92. The number of carbonyl (C=O) groups is 3. The first-order chi connectivity index (χ1) is 14.1. The second kappa shape index (κ2) is 6.41. The van der Waals surface area contributed by atoms with E-state index in [1.807, 2.05) is 0 Å². The maximum absolute atomic E-state index is 12.9. The SMILES string of the molecule is COC(=O)C1CC2=CC(=O)CC[C@]2(C)C2[C@@H]1C1CC[C@@]3(CCC(=O)O3)[C@@]1(C)C[C@@H]2O. The predicted molar refractivity (Wildman–Crippen MR) is 107 cm³/mol. The number of hydrogen-bond donors (Lipinski definition) is 1. The summed E-state index contributed by atoms with van der Waals surface area (Å²) in [4.78, 5) is 37.2. The van der Waals surface area contributed by atoms with Crippen molar-refractivity contribution in [3.05, 3.63) is 11.6 Å². The van der Waals surface area contributed by atoms with E-state index in [0.717, 1.165) is 18.4 Å². The molecule has 5 rings (SSSR count). The van der Waals surface area contributed by atoms with Gasteiger partial charge in [-0.15, -0.1) is 0 Å². The molecule has 164 valence electrons. The summed E-state index contributed by atoms with van der Waals surface area (Å²) in [5.41, 5.74) is -0.168. The molecule has 4 fully saturated rings. The molecule has 0 aromatic rings. The molecule has 5 aliphatic rings. The standard InChI is InChI=1S/C24H32O6/c1-22-7-4-14(25)10-13(22)11-15(21(28)29-3)19-16-5-8-24(9-6-18(27)30-24)23(16,2)12-17(26)20(19)22/h10,15-17,19-20,26H,4-9,11-12H2,1-3H3/t15?,16?,17-,19-,20?,22-,23-,24+/m0/s1. The molecule has 0 bridgehead atoms. The van der Waals surface area contributed by atoms with Gasteiger partial charge in [-0.2, -0.15) is 0 Å². The second-order valence-electron chi connectivity index (χ2n) is 10.8. The van der Waals surface area contributed by atoms with Crippen LogP contribution < -0.4 is 0 Å². The summed E-state index contributed by atoms with van der Waals surface area (Å²) >= 11 is 0. The van der Waals surface area contributed by atoms with Crippen LogP contribution in [0, 0.1) is 34.5 Å². The van der Waals surface area contributed by atoms with Crippen LogP contribution in [-0.4, -0.2) is 41.6 Å². The van der Waals surface area contributed by atoms with Gasteiger partial charge in [0, 0.05) is 18.3 Å². The van der Waals surface area contributed by atoms with E-state index in [1.165, 1.54) is 7.11 Å². The molecular formula is C24H32O6. The van der Waals surface area contributed by atoms with Crippen LogP contribution in [0.25, 0.3) is 0 Å². The number of methoxy groups -OCH3 is 1. The van der Waals surface area contributed by atoms with Crippen LogP contribution in [0.15, 0.2) is 11.6 Å². The van der Waals surface area contributed by atoms with Crippen LogP contribution in [0.4, 0.5) is 0 Å². The van der Waals surface area contributed by atoms with Gasteiger partial charge in [-0.25, -0.2) is 0 Å². The molecule has 1 saturated heterocycles. The molecule has 0 aromatic carbocycles. The molecular weight excluding hydrogens is 384 g/mol. The number of ketones is 1. The predicted octanol–water partition coefficient (Wildman–Crippen LogP) is 2.96. The molecule has 1 heterocycles. The Bertz CT molecular complexity index is 847. The highest BCUT2D eigenvalue weighted by atomic mass is 16.6. The minimum atomic E-state index is -0.611. The Morgan fingerprint density at radius 3 is 2.63 bits per heavy atom. The quantitative estimate of drug-likeness (QED) is 0.661. The van der Waals surface area contributed by atoms with E-state index in [2.05, 4.69) is 13.8 Å². The first-order valence-corrected chi connectivity index (χ1v) is 11.4. The molecule has 3 saturated carbocycles.